The highest BCUT2D eigenvalue weighted by molar-refractivity contribution is 5.90. The van der Waals surface area contributed by atoms with E-state index in [1.54, 1.807) is 0 Å². The number of hydrogen-bond donors (Lipinski definition) is 3. The van der Waals surface area contributed by atoms with Crippen LogP contribution in [0, 0.1) is 5.92 Å². The number of ether oxygens (including phenoxy) is 3. The van der Waals surface area contributed by atoms with E-state index in [9.17, 15) is 34.5 Å². The van der Waals surface area contributed by atoms with Gasteiger partial charge < -0.3 is 34.3 Å². The van der Waals surface area contributed by atoms with Gasteiger partial charge in [-0.15, -0.1) is 0 Å². The number of carboxylic acids is 1. The van der Waals surface area contributed by atoms with Crippen LogP contribution < -0.4 is 0 Å². The maximum Gasteiger partial charge on any atom is 0.339 e. The smallest absolute Gasteiger partial charge is 0.339 e. The van der Waals surface area contributed by atoms with Gasteiger partial charge in [-0.25, -0.2) is 4.79 Å². The van der Waals surface area contributed by atoms with Crippen molar-refractivity contribution in [3.05, 3.63) is 48.0 Å². The lowest BCUT2D eigenvalue weighted by molar-refractivity contribution is -0.363. The summed E-state index contributed by atoms with van der Waals surface area (Å²) in [5, 5.41) is 31.3. The zero-order valence-electron chi connectivity index (χ0n) is 19.6. The van der Waals surface area contributed by atoms with Crippen molar-refractivity contribution < 1.29 is 48.7 Å². The van der Waals surface area contributed by atoms with Crippen molar-refractivity contribution in [1.29, 1.82) is 0 Å². The number of esters is 1. The van der Waals surface area contributed by atoms with Crippen LogP contribution in [-0.2, 0) is 39.8 Å². The molecule has 0 saturated carbocycles. The van der Waals surface area contributed by atoms with Gasteiger partial charge in [-0.3, -0.25) is 9.59 Å². The number of benzene rings is 1. The Morgan fingerprint density at radius 1 is 1.29 bits per heavy atom. The maximum absolute atomic E-state index is 12.1. The van der Waals surface area contributed by atoms with Crippen LogP contribution in [0.15, 0.2) is 42.5 Å². The summed E-state index contributed by atoms with van der Waals surface area (Å²) in [6.07, 6.45) is -4.35. The third-order valence-corrected chi connectivity index (χ3v) is 6.80. The number of carboxylic acid groups (broad SMARTS) is 1. The minimum Gasteiger partial charge on any atom is -0.479 e. The topological polar surface area (TPSA) is 157 Å². The van der Waals surface area contributed by atoms with E-state index in [2.05, 4.69) is 6.58 Å². The molecule has 3 N–H and O–H groups in total. The third kappa shape index (κ3) is 4.66. The summed E-state index contributed by atoms with van der Waals surface area (Å²) in [4.78, 5) is 47.2. The predicted molar refractivity (Wildman–Crippen MR) is 120 cm³/mol. The van der Waals surface area contributed by atoms with Crippen molar-refractivity contribution in [1.82, 2.24) is 0 Å². The molecule has 0 spiro atoms. The highest BCUT2D eigenvalue weighted by Gasteiger charge is 2.76. The fourth-order valence-corrected chi connectivity index (χ4v) is 4.94. The number of aliphatic carboxylic acids is 1. The minimum absolute atomic E-state index is 0.0644. The second kappa shape index (κ2) is 9.98. The first-order chi connectivity index (χ1) is 16.4. The van der Waals surface area contributed by atoms with Gasteiger partial charge in [-0.1, -0.05) is 43.8 Å². The van der Waals surface area contributed by atoms with Crippen LogP contribution in [0.1, 0.15) is 38.7 Å². The van der Waals surface area contributed by atoms with E-state index >= 15 is 0 Å². The van der Waals surface area contributed by atoms with Crippen LogP contribution in [0.3, 0.4) is 0 Å². The Labute approximate surface area is 202 Å². The number of aliphatic hydroxyl groups is 2. The molecule has 4 unspecified atom stereocenters. The standard InChI is InChI=1S/C25H30O10/c1-15(21(33-17(3)28)16(2)11-18-7-5-4-6-8-18)9-10-25-19(29)12-24(35-25,22(30)31)23(32,14-27)20(13-26)34-25/h4-8,13-14,16,19-21,29,32H,1,9-12H2,2-3H3,(H,30,31)/t16-,19-,20?,21-,23?,24?,25?/m1/s1. The Bertz CT molecular complexity index is 993. The van der Waals surface area contributed by atoms with Gasteiger partial charge in [-0.05, 0) is 24.0 Å². The van der Waals surface area contributed by atoms with Gasteiger partial charge in [0.1, 0.15) is 12.2 Å². The van der Waals surface area contributed by atoms with Crippen molar-refractivity contribution in [2.75, 3.05) is 0 Å². The number of carbonyl (C=O) groups is 4. The molecule has 2 aliphatic heterocycles. The summed E-state index contributed by atoms with van der Waals surface area (Å²) in [6, 6.07) is 9.58. The van der Waals surface area contributed by atoms with E-state index < -0.39 is 53.7 Å². The summed E-state index contributed by atoms with van der Waals surface area (Å²) in [6.45, 7) is 7.20. The zero-order chi connectivity index (χ0) is 26.0. The molecule has 2 bridgehead atoms. The Kier molecular flexibility index (Phi) is 7.61. The fourth-order valence-electron chi connectivity index (χ4n) is 4.94. The van der Waals surface area contributed by atoms with Gasteiger partial charge in [-0.2, -0.15) is 0 Å². The molecule has 2 heterocycles. The summed E-state index contributed by atoms with van der Waals surface area (Å²) in [5.41, 5.74) is -3.91. The number of aliphatic hydroxyl groups excluding tert-OH is 1. The largest absolute Gasteiger partial charge is 0.479 e. The summed E-state index contributed by atoms with van der Waals surface area (Å²) < 4.78 is 16.7. The number of carbonyl (C=O) groups excluding carboxylic acids is 3. The third-order valence-electron chi connectivity index (χ3n) is 6.80. The van der Waals surface area contributed by atoms with E-state index in [1.807, 2.05) is 37.3 Å². The van der Waals surface area contributed by atoms with Crippen LogP contribution >= 0.6 is 0 Å². The van der Waals surface area contributed by atoms with Crippen molar-refractivity contribution in [2.24, 2.45) is 5.92 Å². The Morgan fingerprint density at radius 2 is 1.94 bits per heavy atom. The first-order valence-corrected chi connectivity index (χ1v) is 11.3. The molecule has 7 atom stereocenters. The second-order valence-electron chi connectivity index (χ2n) is 9.24. The fraction of sp³-hybridized carbons (Fsp3) is 0.520. The Hall–Kier alpha value is -2.92. The van der Waals surface area contributed by atoms with E-state index in [0.29, 0.717) is 12.0 Å². The highest BCUT2D eigenvalue weighted by Crippen LogP contribution is 2.53. The second-order valence-corrected chi connectivity index (χ2v) is 9.24. The monoisotopic (exact) mass is 490 g/mol. The SMILES string of the molecule is C=C(CCC12OC(C=O)C(O)(C=O)C(C(=O)O)(C[C@H]1O)O2)[C@@H](OC(C)=O)[C@H](C)Cc1ccccc1. The van der Waals surface area contributed by atoms with Gasteiger partial charge in [0.25, 0.3) is 0 Å². The number of rotatable bonds is 11. The molecular weight excluding hydrogens is 460 g/mol. The van der Waals surface area contributed by atoms with E-state index in [0.717, 1.165) is 5.56 Å². The highest BCUT2D eigenvalue weighted by atomic mass is 16.8. The van der Waals surface area contributed by atoms with Crippen molar-refractivity contribution >= 4 is 24.5 Å². The molecule has 0 aromatic heterocycles. The van der Waals surface area contributed by atoms with Crippen LogP contribution in [-0.4, -0.2) is 75.1 Å². The number of fused-ring (bicyclic) bond motifs is 2. The van der Waals surface area contributed by atoms with Gasteiger partial charge >= 0.3 is 11.9 Å². The van der Waals surface area contributed by atoms with E-state index in [-0.39, 0.29) is 31.3 Å². The molecule has 0 radical (unpaired) electrons. The van der Waals surface area contributed by atoms with Crippen molar-refractivity contribution in [3.63, 3.8) is 0 Å². The molecule has 10 nitrogen and oxygen atoms in total. The number of aldehydes is 2. The normalized spacial score (nSPS) is 33.4. The maximum atomic E-state index is 12.1. The average Bonchev–Trinajstić information content (AvgIpc) is 3.09. The Morgan fingerprint density at radius 3 is 2.49 bits per heavy atom. The van der Waals surface area contributed by atoms with E-state index in [1.165, 1.54) is 6.92 Å². The van der Waals surface area contributed by atoms with Crippen LogP contribution in [0.2, 0.25) is 0 Å². The van der Waals surface area contributed by atoms with Gasteiger partial charge in [0.15, 0.2) is 30.1 Å². The molecule has 2 fully saturated rings. The minimum atomic E-state index is -2.83. The zero-order valence-corrected chi connectivity index (χ0v) is 19.6. The molecule has 2 aliphatic rings. The molecule has 1 aromatic rings. The molecule has 2 saturated heterocycles. The van der Waals surface area contributed by atoms with Crippen LogP contribution in [0.4, 0.5) is 0 Å². The predicted octanol–water partition coefficient (Wildman–Crippen LogP) is 0.962. The van der Waals surface area contributed by atoms with Crippen LogP contribution in [0.25, 0.3) is 0 Å². The van der Waals surface area contributed by atoms with Gasteiger partial charge in [0.05, 0.1) is 0 Å². The molecule has 0 amide bonds. The summed E-state index contributed by atoms with van der Waals surface area (Å²) in [7, 11) is 0. The summed E-state index contributed by atoms with van der Waals surface area (Å²) >= 11 is 0. The number of hydrogen-bond acceptors (Lipinski definition) is 9. The first kappa shape index (κ1) is 26.7. The first-order valence-electron chi connectivity index (χ1n) is 11.3. The average molecular weight is 491 g/mol. The van der Waals surface area contributed by atoms with Gasteiger partial charge in [0, 0.05) is 25.7 Å². The molecule has 35 heavy (non-hydrogen) atoms. The van der Waals surface area contributed by atoms with Crippen molar-refractivity contribution in [3.8, 4) is 0 Å². The molecule has 10 heteroatoms. The Balaban J connectivity index is 1.82. The van der Waals surface area contributed by atoms with E-state index in [4.69, 9.17) is 14.2 Å². The molecule has 0 aliphatic carbocycles. The summed E-state index contributed by atoms with van der Waals surface area (Å²) in [5.74, 6) is -4.39. The molecular formula is C25H30O10. The van der Waals surface area contributed by atoms with Gasteiger partial charge in [0.2, 0.25) is 5.60 Å². The van der Waals surface area contributed by atoms with Crippen LogP contribution in [0.5, 0.6) is 0 Å². The van der Waals surface area contributed by atoms with Crippen molar-refractivity contribution in [2.45, 2.75) is 74.8 Å². The molecule has 1 aromatic carbocycles. The lowest BCUT2D eigenvalue weighted by atomic mass is 9.77. The molecule has 190 valence electrons. The lowest BCUT2D eigenvalue weighted by Crippen LogP contribution is -2.72. The lowest BCUT2D eigenvalue weighted by Gasteiger charge is -2.48. The molecule has 3 rings (SSSR count). The quantitative estimate of drug-likeness (QED) is 0.232.